The number of thiophene rings is 1. The maximum absolute atomic E-state index is 12.8. The molecule has 108 valence electrons. The Balaban J connectivity index is 1.97. The summed E-state index contributed by atoms with van der Waals surface area (Å²) in [5.74, 6) is 0. The number of hydrogen-bond donors (Lipinski definition) is 0. The summed E-state index contributed by atoms with van der Waals surface area (Å²) in [6, 6.07) is 9.94. The summed E-state index contributed by atoms with van der Waals surface area (Å²) in [4.78, 5) is 1.51. The zero-order valence-corrected chi connectivity index (χ0v) is 13.1. The first-order valence-corrected chi connectivity index (χ1v) is 8.94. The van der Waals surface area contributed by atoms with Crippen LogP contribution in [0.2, 0.25) is 0 Å². The number of sulfonamides is 1. The van der Waals surface area contributed by atoms with Crippen molar-refractivity contribution in [3.05, 3.63) is 51.7 Å². The highest BCUT2D eigenvalue weighted by Crippen LogP contribution is 2.36. The third-order valence-electron chi connectivity index (χ3n) is 3.81. The molecule has 0 saturated carbocycles. The van der Waals surface area contributed by atoms with Crippen LogP contribution in [0.3, 0.4) is 0 Å². The summed E-state index contributed by atoms with van der Waals surface area (Å²) < 4.78 is 27.1. The molecule has 0 spiro atoms. The topological polar surface area (TPSA) is 61.2 Å². The maximum Gasteiger partial charge on any atom is 0.243 e. The standard InChI is InChI=1S/C15H14N2O2S2/c1-11-14-7-9-20-15(14)6-8-17(11)21(18,19)13-4-2-12(10-16)3-5-13/h2-5,7,9,11H,6,8H2,1H3. The summed E-state index contributed by atoms with van der Waals surface area (Å²) >= 11 is 1.68. The lowest BCUT2D eigenvalue weighted by molar-refractivity contribution is 0.329. The zero-order chi connectivity index (χ0) is 15.0. The molecule has 21 heavy (non-hydrogen) atoms. The summed E-state index contributed by atoms with van der Waals surface area (Å²) in [6.45, 7) is 2.42. The highest BCUT2D eigenvalue weighted by Gasteiger charge is 2.34. The van der Waals surface area contributed by atoms with Gasteiger partial charge in [-0.3, -0.25) is 0 Å². The quantitative estimate of drug-likeness (QED) is 0.855. The third-order valence-corrected chi connectivity index (χ3v) is 6.79. The zero-order valence-electron chi connectivity index (χ0n) is 11.5. The van der Waals surface area contributed by atoms with Crippen LogP contribution in [-0.4, -0.2) is 19.3 Å². The summed E-state index contributed by atoms with van der Waals surface area (Å²) in [7, 11) is -3.53. The van der Waals surface area contributed by atoms with Crippen LogP contribution in [0.15, 0.2) is 40.6 Å². The van der Waals surface area contributed by atoms with Gasteiger partial charge in [0.2, 0.25) is 10.0 Å². The molecule has 1 aliphatic heterocycles. The van der Waals surface area contributed by atoms with Gasteiger partial charge in [-0.2, -0.15) is 9.57 Å². The van der Waals surface area contributed by atoms with Crippen molar-refractivity contribution < 1.29 is 8.42 Å². The number of fused-ring (bicyclic) bond motifs is 1. The Morgan fingerprint density at radius 2 is 2.00 bits per heavy atom. The minimum atomic E-state index is -3.53. The van der Waals surface area contributed by atoms with E-state index in [1.807, 2.05) is 24.4 Å². The number of hydrogen-bond acceptors (Lipinski definition) is 4. The van der Waals surface area contributed by atoms with Gasteiger partial charge >= 0.3 is 0 Å². The SMILES string of the molecule is CC1c2ccsc2CCN1S(=O)(=O)c1ccc(C#N)cc1. The Hall–Kier alpha value is -1.68. The van der Waals surface area contributed by atoms with E-state index in [4.69, 9.17) is 5.26 Å². The van der Waals surface area contributed by atoms with E-state index in [2.05, 4.69) is 0 Å². The minimum Gasteiger partial charge on any atom is -0.207 e. The van der Waals surface area contributed by atoms with E-state index in [-0.39, 0.29) is 10.9 Å². The van der Waals surface area contributed by atoms with E-state index < -0.39 is 10.0 Å². The van der Waals surface area contributed by atoms with Gasteiger partial charge in [-0.05, 0) is 54.6 Å². The van der Waals surface area contributed by atoms with Crippen molar-refractivity contribution in [2.45, 2.75) is 24.3 Å². The fraction of sp³-hybridized carbons (Fsp3) is 0.267. The van der Waals surface area contributed by atoms with Crippen molar-refractivity contribution in [1.82, 2.24) is 4.31 Å². The molecule has 0 bridgehead atoms. The highest BCUT2D eigenvalue weighted by molar-refractivity contribution is 7.89. The normalized spacial score (nSPS) is 19.0. The summed E-state index contributed by atoms with van der Waals surface area (Å²) in [5.41, 5.74) is 1.56. The van der Waals surface area contributed by atoms with E-state index >= 15 is 0 Å². The lowest BCUT2D eigenvalue weighted by Crippen LogP contribution is -2.38. The van der Waals surface area contributed by atoms with Crippen molar-refractivity contribution in [3.63, 3.8) is 0 Å². The lowest BCUT2D eigenvalue weighted by atomic mass is 10.0. The van der Waals surface area contributed by atoms with Crippen LogP contribution in [0.4, 0.5) is 0 Å². The first-order valence-electron chi connectivity index (χ1n) is 6.62. The van der Waals surface area contributed by atoms with E-state index in [1.165, 1.54) is 29.1 Å². The van der Waals surface area contributed by atoms with Gasteiger partial charge in [-0.15, -0.1) is 11.3 Å². The number of nitrogens with zero attached hydrogens (tertiary/aromatic N) is 2. The number of rotatable bonds is 2. The maximum atomic E-state index is 12.8. The first-order chi connectivity index (χ1) is 10.0. The second-order valence-electron chi connectivity index (χ2n) is 4.98. The summed E-state index contributed by atoms with van der Waals surface area (Å²) in [6.07, 6.45) is 0.757. The molecule has 0 aliphatic carbocycles. The molecule has 0 fully saturated rings. The molecule has 2 aromatic rings. The van der Waals surface area contributed by atoms with Gasteiger partial charge in [0.25, 0.3) is 0 Å². The minimum absolute atomic E-state index is 0.152. The molecule has 1 aromatic carbocycles. The van der Waals surface area contributed by atoms with Gasteiger partial charge in [0.05, 0.1) is 16.5 Å². The van der Waals surface area contributed by atoms with Gasteiger partial charge < -0.3 is 0 Å². The fourth-order valence-electron chi connectivity index (χ4n) is 2.65. The lowest BCUT2D eigenvalue weighted by Gasteiger charge is -2.32. The highest BCUT2D eigenvalue weighted by atomic mass is 32.2. The Morgan fingerprint density at radius 1 is 1.29 bits per heavy atom. The van der Waals surface area contributed by atoms with Crippen LogP contribution in [0, 0.1) is 11.3 Å². The molecule has 0 radical (unpaired) electrons. The average Bonchev–Trinajstić information content (AvgIpc) is 2.97. The van der Waals surface area contributed by atoms with Crippen LogP contribution in [0.5, 0.6) is 0 Å². The van der Waals surface area contributed by atoms with E-state index in [1.54, 1.807) is 15.6 Å². The van der Waals surface area contributed by atoms with E-state index in [0.717, 1.165) is 12.0 Å². The second-order valence-corrected chi connectivity index (χ2v) is 7.87. The molecule has 1 unspecified atom stereocenters. The first kappa shape index (κ1) is 14.3. The van der Waals surface area contributed by atoms with Crippen LogP contribution in [0.25, 0.3) is 0 Å². The molecule has 0 amide bonds. The smallest absolute Gasteiger partial charge is 0.207 e. The number of nitriles is 1. The Labute approximate surface area is 128 Å². The van der Waals surface area contributed by atoms with Crippen molar-refractivity contribution >= 4 is 21.4 Å². The Morgan fingerprint density at radius 3 is 2.67 bits per heavy atom. The van der Waals surface area contributed by atoms with Crippen molar-refractivity contribution in [2.24, 2.45) is 0 Å². The molecule has 0 saturated heterocycles. The van der Waals surface area contributed by atoms with Gasteiger partial charge in [-0.1, -0.05) is 0 Å². The molecular weight excluding hydrogens is 304 g/mol. The second kappa shape index (κ2) is 5.26. The Bertz CT molecular complexity index is 801. The third kappa shape index (κ3) is 2.38. The van der Waals surface area contributed by atoms with Gasteiger partial charge in [0.15, 0.2) is 0 Å². The van der Waals surface area contributed by atoms with Gasteiger partial charge in [-0.25, -0.2) is 8.42 Å². The molecule has 0 N–H and O–H groups in total. The van der Waals surface area contributed by atoms with Crippen molar-refractivity contribution in [3.8, 4) is 6.07 Å². The molecule has 4 nitrogen and oxygen atoms in total. The predicted molar refractivity (Wildman–Crippen MR) is 81.5 cm³/mol. The fourth-order valence-corrected chi connectivity index (χ4v) is 5.23. The van der Waals surface area contributed by atoms with Crippen molar-refractivity contribution in [1.29, 1.82) is 5.26 Å². The van der Waals surface area contributed by atoms with Crippen LogP contribution >= 0.6 is 11.3 Å². The molecule has 1 atom stereocenters. The molecule has 1 aliphatic rings. The largest absolute Gasteiger partial charge is 0.243 e. The van der Waals surface area contributed by atoms with Crippen LogP contribution < -0.4 is 0 Å². The average molecular weight is 318 g/mol. The number of benzene rings is 1. The molecule has 6 heteroatoms. The van der Waals surface area contributed by atoms with Crippen LogP contribution in [-0.2, 0) is 16.4 Å². The summed E-state index contributed by atoms with van der Waals surface area (Å²) in [5, 5.41) is 10.8. The molecule has 1 aromatic heterocycles. The van der Waals surface area contributed by atoms with E-state index in [0.29, 0.717) is 12.1 Å². The van der Waals surface area contributed by atoms with Crippen LogP contribution in [0.1, 0.15) is 29.0 Å². The van der Waals surface area contributed by atoms with E-state index in [9.17, 15) is 8.42 Å². The van der Waals surface area contributed by atoms with Gasteiger partial charge in [0, 0.05) is 17.5 Å². The molecule has 2 heterocycles. The predicted octanol–water partition coefficient (Wildman–Crippen LogP) is 2.93. The van der Waals surface area contributed by atoms with Gasteiger partial charge in [0.1, 0.15) is 0 Å². The molecular formula is C15H14N2O2S2. The Kier molecular flexibility index (Phi) is 3.57. The molecule has 3 rings (SSSR count). The van der Waals surface area contributed by atoms with Crippen molar-refractivity contribution in [2.75, 3.05) is 6.54 Å². The monoisotopic (exact) mass is 318 g/mol.